The molecule has 4 rings (SSSR count). The van der Waals surface area contributed by atoms with Crippen molar-refractivity contribution in [3.8, 4) is 0 Å². The summed E-state index contributed by atoms with van der Waals surface area (Å²) >= 11 is 0. The molecule has 0 aromatic carbocycles. The van der Waals surface area contributed by atoms with Crippen LogP contribution >= 0.6 is 0 Å². The van der Waals surface area contributed by atoms with Crippen molar-refractivity contribution in [3.63, 3.8) is 0 Å². The van der Waals surface area contributed by atoms with Crippen LogP contribution in [0.4, 0.5) is 0 Å². The monoisotopic (exact) mass is 389 g/mol. The summed E-state index contributed by atoms with van der Waals surface area (Å²) in [5.74, 6) is 0. The average molecular weight is 390 g/mol. The molecule has 7 nitrogen and oxygen atoms in total. The number of aromatic nitrogens is 3. The highest BCUT2D eigenvalue weighted by atomic mass is 32.2. The van der Waals surface area contributed by atoms with Crippen LogP contribution in [0.5, 0.6) is 0 Å². The number of imidazole rings is 1. The van der Waals surface area contributed by atoms with E-state index in [0.29, 0.717) is 13.1 Å². The van der Waals surface area contributed by atoms with Gasteiger partial charge in [0, 0.05) is 45.1 Å². The third kappa shape index (κ3) is 3.79. The van der Waals surface area contributed by atoms with Gasteiger partial charge < -0.3 is 4.57 Å². The van der Waals surface area contributed by atoms with Crippen molar-refractivity contribution in [2.45, 2.75) is 37.8 Å². The van der Waals surface area contributed by atoms with Crippen molar-refractivity contribution in [3.05, 3.63) is 42.1 Å². The molecule has 0 aliphatic carbocycles. The first kappa shape index (κ1) is 18.6. The second-order valence-corrected chi connectivity index (χ2v) is 9.94. The lowest BCUT2D eigenvalue weighted by atomic mass is 9.79. The maximum atomic E-state index is 12.9. The van der Waals surface area contributed by atoms with E-state index < -0.39 is 10.0 Å². The maximum Gasteiger partial charge on any atom is 0.262 e. The van der Waals surface area contributed by atoms with Crippen LogP contribution in [0.15, 0.2) is 35.7 Å². The van der Waals surface area contributed by atoms with Gasteiger partial charge in [0.2, 0.25) is 0 Å². The molecule has 8 heteroatoms. The van der Waals surface area contributed by atoms with Gasteiger partial charge in [-0.05, 0) is 50.3 Å². The Labute approximate surface area is 161 Å². The molecule has 2 aliphatic heterocycles. The SMILES string of the molecule is Cc1cccc(CN2CCCC3(CCN(S(=O)(=O)c4cn(C)cn4)C3)C2)n1. The van der Waals surface area contributed by atoms with E-state index in [2.05, 4.69) is 20.9 Å². The van der Waals surface area contributed by atoms with Crippen LogP contribution in [0.3, 0.4) is 0 Å². The van der Waals surface area contributed by atoms with Crippen LogP contribution in [-0.4, -0.2) is 58.3 Å². The number of nitrogens with zero attached hydrogens (tertiary/aromatic N) is 5. The van der Waals surface area contributed by atoms with E-state index >= 15 is 0 Å². The molecular weight excluding hydrogens is 362 g/mol. The van der Waals surface area contributed by atoms with Gasteiger partial charge in [-0.3, -0.25) is 9.88 Å². The lowest BCUT2D eigenvalue weighted by Gasteiger charge is -2.40. The smallest absolute Gasteiger partial charge is 0.262 e. The minimum absolute atomic E-state index is 0.0456. The number of sulfonamides is 1. The van der Waals surface area contributed by atoms with Gasteiger partial charge in [-0.1, -0.05) is 6.07 Å². The van der Waals surface area contributed by atoms with Crippen molar-refractivity contribution in [2.75, 3.05) is 26.2 Å². The van der Waals surface area contributed by atoms with Gasteiger partial charge in [0.15, 0.2) is 5.03 Å². The van der Waals surface area contributed by atoms with Crippen molar-refractivity contribution in [1.82, 2.24) is 23.7 Å². The Morgan fingerprint density at radius 3 is 2.78 bits per heavy atom. The summed E-state index contributed by atoms with van der Waals surface area (Å²) in [6, 6.07) is 6.13. The molecule has 1 unspecified atom stereocenters. The summed E-state index contributed by atoms with van der Waals surface area (Å²) in [6.07, 6.45) is 6.21. The highest BCUT2D eigenvalue weighted by Crippen LogP contribution is 2.41. The van der Waals surface area contributed by atoms with Gasteiger partial charge in [0.05, 0.1) is 12.0 Å². The lowest BCUT2D eigenvalue weighted by molar-refractivity contribution is 0.0924. The Hall–Kier alpha value is -1.77. The lowest BCUT2D eigenvalue weighted by Crippen LogP contribution is -2.45. The number of hydrogen-bond donors (Lipinski definition) is 0. The fraction of sp³-hybridized carbons (Fsp3) is 0.579. The predicted molar refractivity (Wildman–Crippen MR) is 103 cm³/mol. The zero-order valence-electron chi connectivity index (χ0n) is 16.0. The molecule has 2 aliphatic rings. The highest BCUT2D eigenvalue weighted by molar-refractivity contribution is 7.89. The third-order valence-electron chi connectivity index (χ3n) is 5.76. The number of piperidine rings is 1. The van der Waals surface area contributed by atoms with Crippen LogP contribution < -0.4 is 0 Å². The highest BCUT2D eigenvalue weighted by Gasteiger charge is 2.45. The van der Waals surface area contributed by atoms with Gasteiger partial charge in [-0.2, -0.15) is 4.31 Å². The number of pyridine rings is 1. The first-order chi connectivity index (χ1) is 12.9. The Morgan fingerprint density at radius 2 is 2.04 bits per heavy atom. The van der Waals surface area contributed by atoms with Crippen LogP contribution in [0, 0.1) is 12.3 Å². The second kappa shape index (κ2) is 7.00. The van der Waals surface area contributed by atoms with Crippen LogP contribution in [0.1, 0.15) is 30.7 Å². The minimum atomic E-state index is -3.50. The van der Waals surface area contributed by atoms with Crippen molar-refractivity contribution >= 4 is 10.0 Å². The molecule has 27 heavy (non-hydrogen) atoms. The molecule has 4 heterocycles. The molecular formula is C19H27N5O2S. The van der Waals surface area contributed by atoms with Gasteiger partial charge in [0.1, 0.15) is 0 Å². The Balaban J connectivity index is 1.46. The summed E-state index contributed by atoms with van der Waals surface area (Å²) in [7, 11) is -1.72. The quantitative estimate of drug-likeness (QED) is 0.797. The summed E-state index contributed by atoms with van der Waals surface area (Å²) < 4.78 is 29.1. The van der Waals surface area contributed by atoms with Gasteiger partial charge >= 0.3 is 0 Å². The van der Waals surface area contributed by atoms with E-state index in [4.69, 9.17) is 0 Å². The zero-order chi connectivity index (χ0) is 19.1. The maximum absolute atomic E-state index is 12.9. The molecule has 0 N–H and O–H groups in total. The summed E-state index contributed by atoms with van der Waals surface area (Å²) in [4.78, 5) is 11.1. The van der Waals surface area contributed by atoms with Crippen LogP contribution in [-0.2, 0) is 23.6 Å². The first-order valence-corrected chi connectivity index (χ1v) is 10.9. The van der Waals surface area contributed by atoms with Crippen LogP contribution in [0.2, 0.25) is 0 Å². The normalized spacial score (nSPS) is 24.7. The van der Waals surface area contributed by atoms with Crippen molar-refractivity contribution in [2.24, 2.45) is 12.5 Å². The first-order valence-electron chi connectivity index (χ1n) is 9.49. The number of likely N-dealkylation sites (tertiary alicyclic amines) is 1. The minimum Gasteiger partial charge on any atom is -0.339 e. The Morgan fingerprint density at radius 1 is 1.19 bits per heavy atom. The Bertz CT molecular complexity index is 926. The summed E-state index contributed by atoms with van der Waals surface area (Å²) in [5.41, 5.74) is 2.17. The molecule has 2 aromatic rings. The number of rotatable bonds is 4. The fourth-order valence-corrected chi connectivity index (χ4v) is 5.97. The van der Waals surface area contributed by atoms with Crippen molar-refractivity contribution in [1.29, 1.82) is 0 Å². The largest absolute Gasteiger partial charge is 0.339 e. The van der Waals surface area contributed by atoms with Gasteiger partial charge in [-0.15, -0.1) is 0 Å². The Kier molecular flexibility index (Phi) is 4.82. The predicted octanol–water partition coefficient (Wildman–Crippen LogP) is 1.80. The molecule has 2 aromatic heterocycles. The van der Waals surface area contributed by atoms with E-state index in [1.165, 1.54) is 6.33 Å². The molecule has 0 saturated carbocycles. The molecule has 146 valence electrons. The van der Waals surface area contributed by atoms with E-state index in [9.17, 15) is 8.42 Å². The fourth-order valence-electron chi connectivity index (χ4n) is 4.45. The van der Waals surface area contributed by atoms with E-state index in [0.717, 1.165) is 50.3 Å². The van der Waals surface area contributed by atoms with E-state index in [-0.39, 0.29) is 10.4 Å². The molecule has 0 amide bonds. The molecule has 0 bridgehead atoms. The van der Waals surface area contributed by atoms with Crippen LogP contribution in [0.25, 0.3) is 0 Å². The van der Waals surface area contributed by atoms with E-state index in [1.807, 2.05) is 19.1 Å². The number of hydrogen-bond acceptors (Lipinski definition) is 5. The van der Waals surface area contributed by atoms with Gasteiger partial charge in [0.25, 0.3) is 10.0 Å². The third-order valence-corrected chi connectivity index (χ3v) is 7.49. The molecule has 1 spiro atoms. The number of aryl methyl sites for hydroxylation is 2. The second-order valence-electron chi connectivity index (χ2n) is 8.05. The molecule has 0 radical (unpaired) electrons. The summed E-state index contributed by atoms with van der Waals surface area (Å²) in [6.45, 7) is 5.98. The summed E-state index contributed by atoms with van der Waals surface area (Å²) in [5, 5.41) is 0.152. The zero-order valence-corrected chi connectivity index (χ0v) is 16.8. The topological polar surface area (TPSA) is 71.3 Å². The molecule has 2 saturated heterocycles. The van der Waals surface area contributed by atoms with Gasteiger partial charge in [-0.25, -0.2) is 13.4 Å². The standard InChI is InChI=1S/C19H27N5O2S/c1-16-5-3-6-17(21-16)11-23-9-4-7-19(13-23)8-10-24(14-19)27(25,26)18-12-22(2)15-20-18/h3,5-6,12,15H,4,7-11,13-14H2,1-2H3. The molecule has 1 atom stereocenters. The average Bonchev–Trinajstić information content (AvgIpc) is 3.23. The molecule has 2 fully saturated rings. The van der Waals surface area contributed by atoms with E-state index in [1.54, 1.807) is 22.1 Å². The van der Waals surface area contributed by atoms with Crippen molar-refractivity contribution < 1.29 is 8.42 Å².